The molecule has 0 aromatic heterocycles. The molecule has 1 aliphatic rings. The summed E-state index contributed by atoms with van der Waals surface area (Å²) >= 11 is 0. The first-order chi connectivity index (χ1) is 11.8. The van der Waals surface area contributed by atoms with Gasteiger partial charge < -0.3 is 0 Å². The Hall–Kier alpha value is -2.93. The van der Waals surface area contributed by atoms with Crippen molar-refractivity contribution < 1.29 is 4.79 Å². The molecule has 0 N–H and O–H groups in total. The first-order valence-electron chi connectivity index (χ1n) is 8.26. The second kappa shape index (κ2) is 6.29. The Bertz CT molecular complexity index is 877. The number of benzene rings is 3. The fourth-order valence-electron chi connectivity index (χ4n) is 3.56. The molecule has 4 rings (SSSR count). The Kier molecular flexibility index (Phi) is 3.84. The molecule has 0 amide bonds. The summed E-state index contributed by atoms with van der Waals surface area (Å²) in [4.78, 5) is 12.9. The summed E-state index contributed by atoms with van der Waals surface area (Å²) < 4.78 is 0. The minimum absolute atomic E-state index is 0.177. The van der Waals surface area contributed by atoms with Crippen LogP contribution in [0.2, 0.25) is 0 Å². The molecule has 3 aromatic rings. The molecule has 0 fully saturated rings. The number of ketones is 1. The van der Waals surface area contributed by atoms with E-state index in [1.807, 2.05) is 54.6 Å². The van der Waals surface area contributed by atoms with Crippen molar-refractivity contribution in [2.24, 2.45) is 0 Å². The summed E-state index contributed by atoms with van der Waals surface area (Å²) in [7, 11) is 0. The van der Waals surface area contributed by atoms with Gasteiger partial charge in [-0.05, 0) is 27.8 Å². The number of carbonyl (C=O) groups is 1. The van der Waals surface area contributed by atoms with Crippen LogP contribution >= 0.6 is 0 Å². The monoisotopic (exact) mass is 310 g/mol. The lowest BCUT2D eigenvalue weighted by molar-refractivity contribution is -0.117. The van der Waals surface area contributed by atoms with E-state index in [0.717, 1.165) is 27.8 Å². The summed E-state index contributed by atoms with van der Waals surface area (Å²) in [6.07, 6.45) is 0.494. The number of carbonyl (C=O) groups excluding carboxylic acids is 1. The number of allylic oxidation sites excluding steroid dienone is 2. The molecule has 24 heavy (non-hydrogen) atoms. The summed E-state index contributed by atoms with van der Waals surface area (Å²) in [5.41, 5.74) is 5.66. The molecule has 0 heterocycles. The Morgan fingerprint density at radius 2 is 1.12 bits per heavy atom. The van der Waals surface area contributed by atoms with E-state index in [1.54, 1.807) is 0 Å². The van der Waals surface area contributed by atoms with Crippen LogP contribution in [0, 0.1) is 0 Å². The summed E-state index contributed by atoms with van der Waals surface area (Å²) in [5.74, 6) is 0.0997. The van der Waals surface area contributed by atoms with Gasteiger partial charge in [0.05, 0.1) is 5.92 Å². The van der Waals surface area contributed by atoms with Gasteiger partial charge in [0.15, 0.2) is 0 Å². The molecule has 116 valence electrons. The van der Waals surface area contributed by atoms with E-state index in [-0.39, 0.29) is 11.7 Å². The highest BCUT2D eigenvalue weighted by Gasteiger charge is 2.35. The number of Topliss-reactive ketones (excluding diaryl/α,β-unsaturated/α-hetero) is 1. The zero-order valence-electron chi connectivity index (χ0n) is 13.4. The summed E-state index contributed by atoms with van der Waals surface area (Å²) in [6.45, 7) is 0. The quantitative estimate of drug-likeness (QED) is 0.637. The van der Waals surface area contributed by atoms with Crippen molar-refractivity contribution in [3.05, 3.63) is 108 Å². The molecule has 1 unspecified atom stereocenters. The van der Waals surface area contributed by atoms with Gasteiger partial charge in [-0.15, -0.1) is 0 Å². The minimum Gasteiger partial charge on any atom is -0.298 e. The molecule has 0 saturated carbocycles. The molecule has 1 atom stereocenters. The van der Waals surface area contributed by atoms with Gasteiger partial charge in [-0.2, -0.15) is 0 Å². The van der Waals surface area contributed by atoms with Crippen LogP contribution < -0.4 is 0 Å². The largest absolute Gasteiger partial charge is 0.298 e. The van der Waals surface area contributed by atoms with Crippen LogP contribution in [0.1, 0.15) is 29.0 Å². The normalized spacial score (nSPS) is 17.3. The van der Waals surface area contributed by atoms with E-state index in [2.05, 4.69) is 36.4 Å². The van der Waals surface area contributed by atoms with E-state index in [9.17, 15) is 4.79 Å². The SMILES string of the molecule is O=C1CC(c2ccccc2)=C(c2ccccc2)C1c1ccccc1. The van der Waals surface area contributed by atoms with Gasteiger partial charge in [-0.25, -0.2) is 0 Å². The third-order valence-corrected chi connectivity index (χ3v) is 4.63. The van der Waals surface area contributed by atoms with Crippen LogP contribution in [-0.4, -0.2) is 5.78 Å². The average Bonchev–Trinajstić information content (AvgIpc) is 3.01. The lowest BCUT2D eigenvalue weighted by Gasteiger charge is -2.16. The molecule has 0 radical (unpaired) electrons. The molecular weight excluding hydrogens is 292 g/mol. The predicted octanol–water partition coefficient (Wildman–Crippen LogP) is 5.35. The third kappa shape index (κ3) is 2.59. The van der Waals surface area contributed by atoms with E-state index in [4.69, 9.17) is 0 Å². The molecule has 1 heteroatoms. The second-order valence-electron chi connectivity index (χ2n) is 6.11. The van der Waals surface area contributed by atoms with Crippen LogP contribution in [0.5, 0.6) is 0 Å². The van der Waals surface area contributed by atoms with Gasteiger partial charge in [-0.3, -0.25) is 4.79 Å². The van der Waals surface area contributed by atoms with E-state index in [1.165, 1.54) is 0 Å². The summed E-state index contributed by atoms with van der Waals surface area (Å²) in [5, 5.41) is 0. The first kappa shape index (κ1) is 14.6. The van der Waals surface area contributed by atoms with Crippen molar-refractivity contribution in [1.29, 1.82) is 0 Å². The Morgan fingerprint density at radius 1 is 0.625 bits per heavy atom. The van der Waals surface area contributed by atoms with Gasteiger partial charge in [0, 0.05) is 6.42 Å². The molecule has 3 aromatic carbocycles. The van der Waals surface area contributed by atoms with Gasteiger partial charge in [-0.1, -0.05) is 91.0 Å². The van der Waals surface area contributed by atoms with Crippen LogP contribution in [0.25, 0.3) is 11.1 Å². The van der Waals surface area contributed by atoms with Crippen LogP contribution in [0.15, 0.2) is 91.0 Å². The number of hydrogen-bond donors (Lipinski definition) is 0. The van der Waals surface area contributed by atoms with Gasteiger partial charge >= 0.3 is 0 Å². The molecule has 1 aliphatic carbocycles. The minimum atomic E-state index is -0.177. The van der Waals surface area contributed by atoms with Crippen molar-refractivity contribution in [2.45, 2.75) is 12.3 Å². The summed E-state index contributed by atoms with van der Waals surface area (Å²) in [6, 6.07) is 30.7. The van der Waals surface area contributed by atoms with Crippen molar-refractivity contribution in [3.8, 4) is 0 Å². The number of rotatable bonds is 3. The van der Waals surface area contributed by atoms with Crippen LogP contribution in [0.3, 0.4) is 0 Å². The second-order valence-corrected chi connectivity index (χ2v) is 6.11. The first-order valence-corrected chi connectivity index (χ1v) is 8.26. The van der Waals surface area contributed by atoms with Crippen molar-refractivity contribution in [2.75, 3.05) is 0 Å². The standard InChI is InChI=1S/C23H18O/c24-21-16-20(17-10-4-1-5-11-17)22(18-12-6-2-7-13-18)23(21)19-14-8-3-9-15-19/h1-15,23H,16H2. The fraction of sp³-hybridized carbons (Fsp3) is 0.0870. The van der Waals surface area contributed by atoms with Gasteiger partial charge in [0.2, 0.25) is 0 Å². The highest BCUT2D eigenvalue weighted by molar-refractivity contribution is 6.16. The lowest BCUT2D eigenvalue weighted by atomic mass is 9.86. The zero-order valence-corrected chi connectivity index (χ0v) is 13.4. The smallest absolute Gasteiger partial charge is 0.149 e. The molecule has 0 aliphatic heterocycles. The average molecular weight is 310 g/mol. The molecule has 0 saturated heterocycles. The topological polar surface area (TPSA) is 17.1 Å². The fourth-order valence-corrected chi connectivity index (χ4v) is 3.56. The zero-order chi connectivity index (χ0) is 16.4. The maximum atomic E-state index is 12.9. The lowest BCUT2D eigenvalue weighted by Crippen LogP contribution is -2.07. The number of hydrogen-bond acceptors (Lipinski definition) is 1. The predicted molar refractivity (Wildman–Crippen MR) is 98.5 cm³/mol. The van der Waals surface area contributed by atoms with Crippen molar-refractivity contribution in [1.82, 2.24) is 0 Å². The van der Waals surface area contributed by atoms with Crippen LogP contribution in [0.4, 0.5) is 0 Å². The molecule has 0 bridgehead atoms. The van der Waals surface area contributed by atoms with E-state index < -0.39 is 0 Å². The van der Waals surface area contributed by atoms with E-state index >= 15 is 0 Å². The maximum absolute atomic E-state index is 12.9. The Labute approximate surface area is 142 Å². The highest BCUT2D eigenvalue weighted by Crippen LogP contribution is 2.46. The third-order valence-electron chi connectivity index (χ3n) is 4.63. The van der Waals surface area contributed by atoms with Crippen LogP contribution in [-0.2, 0) is 4.79 Å². The molecular formula is C23H18O. The Balaban J connectivity index is 1.94. The molecule has 0 spiro atoms. The molecule has 1 nitrogen and oxygen atoms in total. The maximum Gasteiger partial charge on any atom is 0.149 e. The van der Waals surface area contributed by atoms with E-state index in [0.29, 0.717) is 6.42 Å². The van der Waals surface area contributed by atoms with Gasteiger partial charge in [0.25, 0.3) is 0 Å². The Morgan fingerprint density at radius 3 is 1.71 bits per heavy atom. The highest BCUT2D eigenvalue weighted by atomic mass is 16.1. The van der Waals surface area contributed by atoms with Gasteiger partial charge in [0.1, 0.15) is 5.78 Å². The van der Waals surface area contributed by atoms with Crippen molar-refractivity contribution in [3.63, 3.8) is 0 Å². The van der Waals surface area contributed by atoms with Crippen molar-refractivity contribution >= 4 is 16.9 Å².